The van der Waals surface area contributed by atoms with Crippen LogP contribution >= 0.6 is 11.6 Å². The van der Waals surface area contributed by atoms with Crippen LogP contribution in [0.5, 0.6) is 11.5 Å². The molecule has 6 heteroatoms. The molecule has 0 aliphatic carbocycles. The van der Waals surface area contributed by atoms with Gasteiger partial charge in [0.1, 0.15) is 23.1 Å². The molecule has 1 N–H and O–H groups in total. The normalized spacial score (nSPS) is 10.7. The lowest BCUT2D eigenvalue weighted by Crippen LogP contribution is -2.13. The molecule has 0 fully saturated rings. The van der Waals surface area contributed by atoms with E-state index in [2.05, 4.69) is 5.32 Å². The van der Waals surface area contributed by atoms with Gasteiger partial charge in [-0.25, -0.2) is 0 Å². The van der Waals surface area contributed by atoms with Gasteiger partial charge in [-0.3, -0.25) is 4.79 Å². The van der Waals surface area contributed by atoms with E-state index in [1.54, 1.807) is 49.6 Å². The van der Waals surface area contributed by atoms with E-state index in [-0.39, 0.29) is 5.57 Å². The predicted molar refractivity (Wildman–Crippen MR) is 97.8 cm³/mol. The van der Waals surface area contributed by atoms with Gasteiger partial charge in [0.05, 0.1) is 13.7 Å². The number of rotatable bonds is 6. The lowest BCUT2D eigenvalue weighted by Gasteiger charge is -2.09. The van der Waals surface area contributed by atoms with E-state index < -0.39 is 5.91 Å². The summed E-state index contributed by atoms with van der Waals surface area (Å²) >= 11 is 6.00. The highest BCUT2D eigenvalue weighted by Gasteiger charge is 2.12. The number of hydrogen-bond donors (Lipinski definition) is 1. The van der Waals surface area contributed by atoms with Crippen molar-refractivity contribution in [3.63, 3.8) is 0 Å². The summed E-state index contributed by atoms with van der Waals surface area (Å²) in [7, 11) is 1.56. The second-order valence-electron chi connectivity index (χ2n) is 4.97. The zero-order valence-corrected chi connectivity index (χ0v) is 14.6. The molecule has 0 spiro atoms. The molecule has 0 radical (unpaired) electrons. The number of ether oxygens (including phenoxy) is 2. The molecule has 5 nitrogen and oxygen atoms in total. The van der Waals surface area contributed by atoms with E-state index >= 15 is 0 Å². The highest BCUT2D eigenvalue weighted by atomic mass is 35.5. The van der Waals surface area contributed by atoms with E-state index in [9.17, 15) is 10.1 Å². The summed E-state index contributed by atoms with van der Waals surface area (Å²) in [4.78, 5) is 12.3. The number of nitriles is 1. The van der Waals surface area contributed by atoms with E-state index in [0.717, 1.165) is 0 Å². The SMILES string of the molecule is CCOc1ccc(Cl)cc1/C=C(\C#N)C(=O)Nc1ccc(OC)cc1. The lowest BCUT2D eigenvalue weighted by atomic mass is 10.1. The number of amides is 1. The number of benzene rings is 2. The highest BCUT2D eigenvalue weighted by molar-refractivity contribution is 6.30. The van der Waals surface area contributed by atoms with Crippen molar-refractivity contribution < 1.29 is 14.3 Å². The molecule has 0 saturated carbocycles. The van der Waals surface area contributed by atoms with Crippen molar-refractivity contribution in [3.05, 3.63) is 58.6 Å². The van der Waals surface area contributed by atoms with Gasteiger partial charge in [0, 0.05) is 16.3 Å². The smallest absolute Gasteiger partial charge is 0.266 e. The van der Waals surface area contributed by atoms with Gasteiger partial charge < -0.3 is 14.8 Å². The third-order valence-electron chi connectivity index (χ3n) is 3.28. The van der Waals surface area contributed by atoms with Crippen LogP contribution in [0.1, 0.15) is 12.5 Å². The van der Waals surface area contributed by atoms with Crippen LogP contribution in [0.2, 0.25) is 5.02 Å². The van der Waals surface area contributed by atoms with Crippen LogP contribution in [0.3, 0.4) is 0 Å². The fourth-order valence-electron chi connectivity index (χ4n) is 2.10. The average Bonchev–Trinajstić information content (AvgIpc) is 2.62. The van der Waals surface area contributed by atoms with Gasteiger partial charge in [0.25, 0.3) is 5.91 Å². The molecular weight excluding hydrogens is 340 g/mol. The summed E-state index contributed by atoms with van der Waals surface area (Å²) in [5.74, 6) is 0.710. The number of anilines is 1. The van der Waals surface area contributed by atoms with E-state index in [4.69, 9.17) is 21.1 Å². The second-order valence-corrected chi connectivity index (χ2v) is 5.40. The third kappa shape index (κ3) is 5.00. The Morgan fingerprint density at radius 2 is 2.00 bits per heavy atom. The molecule has 25 heavy (non-hydrogen) atoms. The van der Waals surface area contributed by atoms with Crippen molar-refractivity contribution in [1.82, 2.24) is 0 Å². The van der Waals surface area contributed by atoms with Crippen molar-refractivity contribution in [2.45, 2.75) is 6.92 Å². The Morgan fingerprint density at radius 1 is 1.28 bits per heavy atom. The van der Waals surface area contributed by atoms with E-state index in [0.29, 0.717) is 34.4 Å². The monoisotopic (exact) mass is 356 g/mol. The molecule has 0 unspecified atom stereocenters. The van der Waals surface area contributed by atoms with E-state index in [1.807, 2.05) is 13.0 Å². The van der Waals surface area contributed by atoms with E-state index in [1.165, 1.54) is 6.08 Å². The fraction of sp³-hybridized carbons (Fsp3) is 0.158. The Morgan fingerprint density at radius 3 is 2.60 bits per heavy atom. The number of carbonyl (C=O) groups is 1. The quantitative estimate of drug-likeness (QED) is 0.619. The van der Waals surface area contributed by atoms with Crippen LogP contribution in [0.15, 0.2) is 48.0 Å². The summed E-state index contributed by atoms with van der Waals surface area (Å²) < 4.78 is 10.6. The first-order valence-electron chi connectivity index (χ1n) is 7.57. The number of carbonyl (C=O) groups excluding carboxylic acids is 1. The maximum atomic E-state index is 12.3. The topological polar surface area (TPSA) is 71.3 Å². The molecule has 2 aromatic carbocycles. The van der Waals surface area contributed by atoms with Crippen molar-refractivity contribution in [1.29, 1.82) is 5.26 Å². The largest absolute Gasteiger partial charge is 0.497 e. The zero-order chi connectivity index (χ0) is 18.2. The van der Waals surface area contributed by atoms with Gasteiger partial charge in [-0.2, -0.15) is 5.26 Å². The summed E-state index contributed by atoms with van der Waals surface area (Å²) in [6.45, 7) is 2.31. The van der Waals surface area contributed by atoms with Gasteiger partial charge in [-0.1, -0.05) is 11.6 Å². The molecule has 128 valence electrons. The minimum absolute atomic E-state index is 0.0564. The van der Waals surface area contributed by atoms with Gasteiger partial charge in [0.2, 0.25) is 0 Å². The predicted octanol–water partition coefficient (Wildman–Crippen LogP) is 4.29. The average molecular weight is 357 g/mol. The standard InChI is InChI=1S/C19H17ClN2O3/c1-3-25-18-9-4-15(20)11-13(18)10-14(12-21)19(23)22-16-5-7-17(24-2)8-6-16/h4-11H,3H2,1-2H3,(H,22,23)/b14-10+. The van der Waals surface area contributed by atoms with Crippen molar-refractivity contribution in [2.75, 3.05) is 19.0 Å². The van der Waals surface area contributed by atoms with Crippen LogP contribution < -0.4 is 14.8 Å². The van der Waals surface area contributed by atoms with Gasteiger partial charge in [0.15, 0.2) is 0 Å². The van der Waals surface area contributed by atoms with Crippen LogP contribution in [0, 0.1) is 11.3 Å². The highest BCUT2D eigenvalue weighted by Crippen LogP contribution is 2.25. The Kier molecular flexibility index (Phi) is 6.44. The van der Waals surface area contributed by atoms with Crippen LogP contribution in [-0.4, -0.2) is 19.6 Å². The molecule has 0 atom stereocenters. The Hall–Kier alpha value is -2.97. The van der Waals surface area contributed by atoms with Gasteiger partial charge in [-0.05, 0) is 55.5 Å². The van der Waals surface area contributed by atoms with Crippen molar-refractivity contribution in [3.8, 4) is 17.6 Å². The summed E-state index contributed by atoms with van der Waals surface area (Å²) in [6.07, 6.45) is 1.45. The molecule has 2 rings (SSSR count). The minimum Gasteiger partial charge on any atom is -0.497 e. The molecule has 2 aromatic rings. The number of nitrogens with zero attached hydrogens (tertiary/aromatic N) is 1. The van der Waals surface area contributed by atoms with Gasteiger partial charge in [-0.15, -0.1) is 0 Å². The second kappa shape index (κ2) is 8.76. The molecule has 0 heterocycles. The summed E-state index contributed by atoms with van der Waals surface area (Å²) in [5.41, 5.74) is 1.07. The summed E-state index contributed by atoms with van der Waals surface area (Å²) in [6, 6.07) is 13.8. The molecule has 0 saturated heterocycles. The van der Waals surface area contributed by atoms with Crippen molar-refractivity contribution in [2.24, 2.45) is 0 Å². The Balaban J connectivity index is 2.26. The number of nitrogens with one attached hydrogen (secondary N) is 1. The molecule has 0 aromatic heterocycles. The molecular formula is C19H17ClN2O3. The first-order valence-corrected chi connectivity index (χ1v) is 7.94. The first kappa shape index (κ1) is 18.4. The van der Waals surface area contributed by atoms with Crippen LogP contribution in [-0.2, 0) is 4.79 Å². The Labute approximate surface area is 151 Å². The molecule has 0 aliphatic rings. The fourth-order valence-corrected chi connectivity index (χ4v) is 2.28. The summed E-state index contributed by atoms with van der Waals surface area (Å²) in [5, 5.41) is 12.5. The molecule has 1 amide bonds. The molecule has 0 aliphatic heterocycles. The number of methoxy groups -OCH3 is 1. The van der Waals surface area contributed by atoms with Crippen LogP contribution in [0.4, 0.5) is 5.69 Å². The van der Waals surface area contributed by atoms with Crippen molar-refractivity contribution >= 4 is 29.3 Å². The van der Waals surface area contributed by atoms with Crippen LogP contribution in [0.25, 0.3) is 6.08 Å². The first-order chi connectivity index (χ1) is 12.1. The van der Waals surface area contributed by atoms with Gasteiger partial charge >= 0.3 is 0 Å². The maximum Gasteiger partial charge on any atom is 0.266 e. The number of hydrogen-bond acceptors (Lipinski definition) is 4. The third-order valence-corrected chi connectivity index (χ3v) is 3.52. The zero-order valence-electron chi connectivity index (χ0n) is 13.9. The number of halogens is 1. The Bertz CT molecular complexity index is 824. The minimum atomic E-state index is -0.518. The maximum absolute atomic E-state index is 12.3. The molecule has 0 bridgehead atoms. The lowest BCUT2D eigenvalue weighted by molar-refractivity contribution is -0.112.